The number of hydrogen-bond acceptors (Lipinski definition) is 3. The molecule has 1 N–H and O–H groups in total. The van der Waals surface area contributed by atoms with Crippen LogP contribution in [0.25, 0.3) is 0 Å². The molecule has 2 rings (SSSR count). The molecule has 0 fully saturated rings. The van der Waals surface area contributed by atoms with Gasteiger partial charge in [0, 0.05) is 6.54 Å². The number of aryl methyl sites for hydroxylation is 2. The number of amides is 1. The molecule has 0 aliphatic carbocycles. The third-order valence-electron chi connectivity index (χ3n) is 2.68. The first-order valence-electron chi connectivity index (χ1n) is 6.14. The number of pyridine rings is 1. The molecular weight excluding hydrogens is 264 g/mol. The van der Waals surface area contributed by atoms with E-state index >= 15 is 0 Å². The molecule has 0 aliphatic rings. The van der Waals surface area contributed by atoms with Crippen LogP contribution in [-0.4, -0.2) is 20.7 Å². The van der Waals surface area contributed by atoms with Crippen molar-refractivity contribution in [2.75, 3.05) is 5.32 Å². The molecule has 0 radical (unpaired) electrons. The third-order valence-corrected chi connectivity index (χ3v) is 2.89. The van der Waals surface area contributed by atoms with Crippen LogP contribution in [0.5, 0.6) is 0 Å². The number of nitrogens with one attached hydrogen (secondary N) is 1. The van der Waals surface area contributed by atoms with E-state index < -0.39 is 0 Å². The molecule has 1 amide bonds. The first-order valence-corrected chi connectivity index (χ1v) is 6.52. The molecule has 0 unspecified atom stereocenters. The van der Waals surface area contributed by atoms with Crippen LogP contribution >= 0.6 is 11.6 Å². The van der Waals surface area contributed by atoms with E-state index in [1.807, 2.05) is 13.8 Å². The average molecular weight is 279 g/mol. The highest BCUT2D eigenvalue weighted by atomic mass is 35.5. The molecule has 0 aliphatic heterocycles. The number of hydrogen-bond donors (Lipinski definition) is 1. The van der Waals surface area contributed by atoms with Crippen LogP contribution in [-0.2, 0) is 13.0 Å². The minimum absolute atomic E-state index is 0.233. The molecule has 0 atom stereocenters. The summed E-state index contributed by atoms with van der Waals surface area (Å²) >= 11 is 5.78. The van der Waals surface area contributed by atoms with E-state index in [-0.39, 0.29) is 5.91 Å². The van der Waals surface area contributed by atoms with Crippen molar-refractivity contribution in [2.24, 2.45) is 0 Å². The smallest absolute Gasteiger partial charge is 0.275 e. The zero-order valence-electron chi connectivity index (χ0n) is 10.9. The van der Waals surface area contributed by atoms with Gasteiger partial charge < -0.3 is 5.32 Å². The molecule has 0 aromatic carbocycles. The largest absolute Gasteiger partial charge is 0.305 e. The Morgan fingerprint density at radius 3 is 2.84 bits per heavy atom. The maximum absolute atomic E-state index is 12.2. The summed E-state index contributed by atoms with van der Waals surface area (Å²) < 4.78 is 1.68. The first-order chi connectivity index (χ1) is 9.13. The number of aromatic nitrogens is 3. The quantitative estimate of drug-likeness (QED) is 0.875. The Balaban J connectivity index is 2.22. The lowest BCUT2D eigenvalue weighted by molar-refractivity contribution is 0.101. The Labute approximate surface area is 116 Å². The van der Waals surface area contributed by atoms with Crippen molar-refractivity contribution in [2.45, 2.75) is 26.8 Å². The van der Waals surface area contributed by atoms with E-state index in [2.05, 4.69) is 15.4 Å². The topological polar surface area (TPSA) is 59.8 Å². The highest BCUT2D eigenvalue weighted by Gasteiger charge is 2.14. The highest BCUT2D eigenvalue weighted by molar-refractivity contribution is 6.29. The van der Waals surface area contributed by atoms with Gasteiger partial charge in [-0.05, 0) is 31.5 Å². The Hall–Kier alpha value is -1.88. The summed E-state index contributed by atoms with van der Waals surface area (Å²) in [5.41, 5.74) is 1.42. The summed E-state index contributed by atoms with van der Waals surface area (Å²) in [5.74, 6) is 0.197. The molecule has 0 spiro atoms. The molecule has 0 bridgehead atoms. The van der Waals surface area contributed by atoms with Gasteiger partial charge in [0.05, 0.1) is 5.69 Å². The van der Waals surface area contributed by atoms with Crippen molar-refractivity contribution in [3.63, 3.8) is 0 Å². The van der Waals surface area contributed by atoms with Gasteiger partial charge in [0.1, 0.15) is 16.7 Å². The number of rotatable bonds is 4. The lowest BCUT2D eigenvalue weighted by atomic mass is 10.3. The Bertz CT molecular complexity index is 594. The van der Waals surface area contributed by atoms with Gasteiger partial charge in [0.25, 0.3) is 5.91 Å². The molecular formula is C13H15ClN4O. The second-order valence-electron chi connectivity index (χ2n) is 3.99. The molecule has 2 aromatic heterocycles. The maximum Gasteiger partial charge on any atom is 0.275 e. The van der Waals surface area contributed by atoms with E-state index in [1.54, 1.807) is 28.9 Å². The summed E-state index contributed by atoms with van der Waals surface area (Å²) in [6.07, 6.45) is 0.794. The summed E-state index contributed by atoms with van der Waals surface area (Å²) in [4.78, 5) is 16.2. The predicted octanol–water partition coefficient (Wildman–Crippen LogP) is 2.77. The van der Waals surface area contributed by atoms with Gasteiger partial charge in [-0.15, -0.1) is 0 Å². The minimum Gasteiger partial charge on any atom is -0.305 e. The summed E-state index contributed by atoms with van der Waals surface area (Å²) in [6, 6.07) is 6.88. The van der Waals surface area contributed by atoms with Gasteiger partial charge in [0.2, 0.25) is 0 Å². The monoisotopic (exact) mass is 278 g/mol. The van der Waals surface area contributed by atoms with Gasteiger partial charge >= 0.3 is 0 Å². The molecule has 6 heteroatoms. The average Bonchev–Trinajstić information content (AvgIpc) is 2.82. The molecule has 0 saturated heterocycles. The Morgan fingerprint density at radius 2 is 2.21 bits per heavy atom. The molecule has 5 nitrogen and oxygen atoms in total. The number of carbonyl (C=O) groups is 1. The van der Waals surface area contributed by atoms with Crippen molar-refractivity contribution < 1.29 is 4.79 Å². The van der Waals surface area contributed by atoms with Crippen molar-refractivity contribution in [1.29, 1.82) is 0 Å². The fourth-order valence-corrected chi connectivity index (χ4v) is 1.89. The van der Waals surface area contributed by atoms with E-state index in [1.165, 1.54) is 0 Å². The van der Waals surface area contributed by atoms with Gasteiger partial charge in [-0.3, -0.25) is 9.48 Å². The lowest BCUT2D eigenvalue weighted by Crippen LogP contribution is -2.17. The van der Waals surface area contributed by atoms with Gasteiger partial charge in [-0.2, -0.15) is 5.10 Å². The highest BCUT2D eigenvalue weighted by Crippen LogP contribution is 2.12. The van der Waals surface area contributed by atoms with Crippen LogP contribution in [0.2, 0.25) is 5.15 Å². The van der Waals surface area contributed by atoms with Crippen molar-refractivity contribution in [3.05, 3.63) is 40.8 Å². The van der Waals surface area contributed by atoms with Gasteiger partial charge in [-0.25, -0.2) is 4.98 Å². The van der Waals surface area contributed by atoms with E-state index in [0.717, 1.165) is 12.1 Å². The molecule has 100 valence electrons. The Morgan fingerprint density at radius 1 is 1.42 bits per heavy atom. The minimum atomic E-state index is -0.233. The number of halogens is 1. The lowest BCUT2D eigenvalue weighted by Gasteiger charge is -2.05. The van der Waals surface area contributed by atoms with Crippen LogP contribution < -0.4 is 5.32 Å². The molecule has 2 heterocycles. The predicted molar refractivity (Wildman–Crippen MR) is 74.5 cm³/mol. The molecule has 0 saturated carbocycles. The second kappa shape index (κ2) is 5.84. The first kappa shape index (κ1) is 13.5. The van der Waals surface area contributed by atoms with Crippen LogP contribution in [0, 0.1) is 0 Å². The normalized spacial score (nSPS) is 10.5. The second-order valence-corrected chi connectivity index (χ2v) is 4.38. The summed E-state index contributed by atoms with van der Waals surface area (Å²) in [5, 5.41) is 7.40. The molecule has 2 aromatic rings. The van der Waals surface area contributed by atoms with Crippen LogP contribution in [0.3, 0.4) is 0 Å². The van der Waals surface area contributed by atoms with Crippen LogP contribution in [0.1, 0.15) is 30.0 Å². The number of anilines is 1. The van der Waals surface area contributed by atoms with Crippen LogP contribution in [0.15, 0.2) is 24.3 Å². The van der Waals surface area contributed by atoms with Gasteiger partial charge in [0.15, 0.2) is 0 Å². The fraction of sp³-hybridized carbons (Fsp3) is 0.308. The van der Waals surface area contributed by atoms with Crippen molar-refractivity contribution in [3.8, 4) is 0 Å². The van der Waals surface area contributed by atoms with E-state index in [0.29, 0.717) is 23.2 Å². The van der Waals surface area contributed by atoms with Crippen molar-refractivity contribution >= 4 is 23.3 Å². The number of nitrogens with zero attached hydrogens (tertiary/aromatic N) is 3. The summed E-state index contributed by atoms with van der Waals surface area (Å²) in [6.45, 7) is 4.59. The maximum atomic E-state index is 12.2. The zero-order chi connectivity index (χ0) is 13.8. The third kappa shape index (κ3) is 3.12. The van der Waals surface area contributed by atoms with Crippen LogP contribution in [0.4, 0.5) is 5.82 Å². The van der Waals surface area contributed by atoms with E-state index in [4.69, 9.17) is 11.6 Å². The molecule has 19 heavy (non-hydrogen) atoms. The SMILES string of the molecule is CCc1cc(C(=O)Nc2cccc(Cl)n2)n(CC)n1. The van der Waals surface area contributed by atoms with Crippen molar-refractivity contribution in [1.82, 2.24) is 14.8 Å². The zero-order valence-corrected chi connectivity index (χ0v) is 11.6. The number of carbonyl (C=O) groups excluding carboxylic acids is 1. The fourth-order valence-electron chi connectivity index (χ4n) is 1.72. The van der Waals surface area contributed by atoms with Gasteiger partial charge in [-0.1, -0.05) is 24.6 Å². The standard InChI is InChI=1S/C13H15ClN4O/c1-3-9-8-10(18(4-2)17-9)13(19)16-12-7-5-6-11(14)15-12/h5-8H,3-4H2,1-2H3,(H,15,16,19). The Kier molecular flexibility index (Phi) is 4.16. The summed E-state index contributed by atoms with van der Waals surface area (Å²) in [7, 11) is 0. The van der Waals surface area contributed by atoms with E-state index in [9.17, 15) is 4.79 Å².